The Kier molecular flexibility index (Phi) is 3.40. The van der Waals surface area contributed by atoms with Gasteiger partial charge in [0.05, 0.1) is 6.61 Å². The first-order valence-corrected chi connectivity index (χ1v) is 7.26. The molecule has 1 heterocycles. The van der Waals surface area contributed by atoms with Crippen molar-refractivity contribution in [1.82, 2.24) is 4.90 Å². The second kappa shape index (κ2) is 5.02. The van der Waals surface area contributed by atoms with Crippen LogP contribution < -0.4 is 0 Å². The fraction of sp³-hybridized carbons (Fsp3) is 0.625. The maximum atomic E-state index is 9.34. The van der Waals surface area contributed by atoms with E-state index in [9.17, 15) is 5.11 Å². The van der Waals surface area contributed by atoms with Crippen LogP contribution in [0.5, 0.6) is 0 Å². The van der Waals surface area contributed by atoms with E-state index in [0.717, 1.165) is 19.0 Å². The van der Waals surface area contributed by atoms with Crippen molar-refractivity contribution in [2.24, 2.45) is 5.92 Å². The van der Waals surface area contributed by atoms with Crippen molar-refractivity contribution < 1.29 is 5.11 Å². The number of benzene rings is 1. The van der Waals surface area contributed by atoms with Gasteiger partial charge in [0.15, 0.2) is 0 Å². The SMILES string of the molecule is OCCN1CC[C@@H]2CCC[C@@]1(c1ccccc1)C2. The van der Waals surface area contributed by atoms with Gasteiger partial charge in [0, 0.05) is 12.1 Å². The van der Waals surface area contributed by atoms with Gasteiger partial charge in [0.25, 0.3) is 0 Å². The third-order valence-corrected chi connectivity index (χ3v) is 4.92. The van der Waals surface area contributed by atoms with Gasteiger partial charge in [0.1, 0.15) is 0 Å². The molecule has 3 rings (SSSR count). The van der Waals surface area contributed by atoms with Gasteiger partial charge in [-0.3, -0.25) is 4.90 Å². The molecule has 0 spiro atoms. The number of β-amino-alcohol motifs (C(OH)–C–C–N with tert-alkyl or cyclic N) is 1. The highest BCUT2D eigenvalue weighted by atomic mass is 16.3. The number of hydrogen-bond acceptors (Lipinski definition) is 2. The normalized spacial score (nSPS) is 32.4. The van der Waals surface area contributed by atoms with Crippen molar-refractivity contribution in [2.45, 2.75) is 37.6 Å². The summed E-state index contributed by atoms with van der Waals surface area (Å²) in [4.78, 5) is 2.54. The summed E-state index contributed by atoms with van der Waals surface area (Å²) in [6.45, 7) is 2.25. The van der Waals surface area contributed by atoms with E-state index in [1.807, 2.05) is 0 Å². The van der Waals surface area contributed by atoms with Gasteiger partial charge < -0.3 is 5.11 Å². The van der Waals surface area contributed by atoms with Crippen molar-refractivity contribution in [3.63, 3.8) is 0 Å². The van der Waals surface area contributed by atoms with Gasteiger partial charge in [-0.15, -0.1) is 0 Å². The summed E-state index contributed by atoms with van der Waals surface area (Å²) in [7, 11) is 0. The van der Waals surface area contributed by atoms with Crippen LogP contribution >= 0.6 is 0 Å². The van der Waals surface area contributed by atoms with E-state index in [0.29, 0.717) is 0 Å². The molecule has 1 aromatic carbocycles. The molecular formula is C16H23NO. The molecule has 1 aromatic rings. The van der Waals surface area contributed by atoms with E-state index in [-0.39, 0.29) is 12.1 Å². The Morgan fingerprint density at radius 2 is 2.06 bits per heavy atom. The van der Waals surface area contributed by atoms with Crippen LogP contribution in [0.3, 0.4) is 0 Å². The minimum Gasteiger partial charge on any atom is -0.395 e. The number of aliphatic hydroxyl groups is 1. The summed E-state index contributed by atoms with van der Waals surface area (Å²) in [5.74, 6) is 0.897. The van der Waals surface area contributed by atoms with E-state index in [1.54, 1.807) is 0 Å². The lowest BCUT2D eigenvalue weighted by atomic mass is 9.67. The first-order chi connectivity index (χ1) is 8.85. The zero-order valence-electron chi connectivity index (χ0n) is 11.0. The highest BCUT2D eigenvalue weighted by Crippen LogP contribution is 2.48. The van der Waals surface area contributed by atoms with Crippen LogP contribution in [0, 0.1) is 5.92 Å². The second-order valence-electron chi connectivity index (χ2n) is 5.86. The van der Waals surface area contributed by atoms with Crippen molar-refractivity contribution in [3.8, 4) is 0 Å². The molecule has 2 fully saturated rings. The van der Waals surface area contributed by atoms with Crippen LogP contribution in [-0.4, -0.2) is 29.7 Å². The maximum Gasteiger partial charge on any atom is 0.0558 e. The van der Waals surface area contributed by atoms with E-state index in [4.69, 9.17) is 0 Å². The molecule has 0 unspecified atom stereocenters. The molecule has 98 valence electrons. The zero-order valence-corrected chi connectivity index (χ0v) is 11.0. The monoisotopic (exact) mass is 245 g/mol. The standard InChI is InChI=1S/C16H23NO/c18-12-11-17-10-8-14-5-4-9-16(17,13-14)15-6-2-1-3-7-15/h1-3,6-7,14,18H,4-5,8-13H2/t14-,16-/m0/s1. The Balaban J connectivity index is 1.96. The molecule has 2 bridgehead atoms. The summed E-state index contributed by atoms with van der Waals surface area (Å²) in [6.07, 6.45) is 6.60. The Hall–Kier alpha value is -0.860. The number of nitrogens with zero attached hydrogens (tertiary/aromatic N) is 1. The average Bonchev–Trinajstić information content (AvgIpc) is 2.44. The molecule has 2 atom stereocenters. The van der Waals surface area contributed by atoms with Crippen molar-refractivity contribution in [3.05, 3.63) is 35.9 Å². The van der Waals surface area contributed by atoms with Crippen LogP contribution in [0.1, 0.15) is 37.7 Å². The topological polar surface area (TPSA) is 23.5 Å². The van der Waals surface area contributed by atoms with E-state index in [1.165, 1.54) is 37.7 Å². The minimum atomic E-state index is 0.213. The Morgan fingerprint density at radius 1 is 1.22 bits per heavy atom. The van der Waals surface area contributed by atoms with Crippen molar-refractivity contribution in [2.75, 3.05) is 19.7 Å². The van der Waals surface area contributed by atoms with Gasteiger partial charge in [0.2, 0.25) is 0 Å². The van der Waals surface area contributed by atoms with E-state index in [2.05, 4.69) is 35.2 Å². The van der Waals surface area contributed by atoms with Crippen LogP contribution in [-0.2, 0) is 5.54 Å². The fourth-order valence-corrected chi connectivity index (χ4v) is 4.09. The highest BCUT2D eigenvalue weighted by Gasteiger charge is 2.45. The molecule has 1 aliphatic heterocycles. The van der Waals surface area contributed by atoms with Crippen LogP contribution in [0.4, 0.5) is 0 Å². The lowest BCUT2D eigenvalue weighted by molar-refractivity contribution is -0.0272. The molecule has 1 aliphatic carbocycles. The summed E-state index contributed by atoms with van der Waals surface area (Å²) in [5.41, 5.74) is 1.67. The predicted octanol–water partition coefficient (Wildman–Crippen LogP) is 2.77. The number of aliphatic hydroxyl groups excluding tert-OH is 1. The molecule has 0 amide bonds. The largest absolute Gasteiger partial charge is 0.395 e. The summed E-state index contributed by atoms with van der Waals surface area (Å²) in [5, 5.41) is 9.34. The first-order valence-electron chi connectivity index (χ1n) is 7.26. The molecular weight excluding hydrogens is 222 g/mol. The molecule has 2 aliphatic rings. The number of hydrogen-bond donors (Lipinski definition) is 1. The first kappa shape index (κ1) is 12.2. The Morgan fingerprint density at radius 3 is 2.83 bits per heavy atom. The molecule has 2 heteroatoms. The van der Waals surface area contributed by atoms with Crippen LogP contribution in [0.15, 0.2) is 30.3 Å². The van der Waals surface area contributed by atoms with Crippen LogP contribution in [0.25, 0.3) is 0 Å². The van der Waals surface area contributed by atoms with E-state index >= 15 is 0 Å². The second-order valence-corrected chi connectivity index (χ2v) is 5.86. The van der Waals surface area contributed by atoms with Gasteiger partial charge >= 0.3 is 0 Å². The summed E-state index contributed by atoms with van der Waals surface area (Å²) < 4.78 is 0. The third kappa shape index (κ3) is 1.98. The molecule has 1 saturated heterocycles. The lowest BCUT2D eigenvalue weighted by Crippen LogP contribution is -2.54. The van der Waals surface area contributed by atoms with Gasteiger partial charge in [-0.05, 0) is 37.3 Å². The van der Waals surface area contributed by atoms with E-state index < -0.39 is 0 Å². The Labute approximate surface area is 110 Å². The van der Waals surface area contributed by atoms with Gasteiger partial charge in [-0.25, -0.2) is 0 Å². The van der Waals surface area contributed by atoms with Crippen LogP contribution in [0.2, 0.25) is 0 Å². The summed E-state index contributed by atoms with van der Waals surface area (Å²) >= 11 is 0. The molecule has 0 aromatic heterocycles. The zero-order chi connectivity index (χ0) is 12.4. The average molecular weight is 245 g/mol. The number of fused-ring (bicyclic) bond motifs is 2. The van der Waals surface area contributed by atoms with Gasteiger partial charge in [-0.2, -0.15) is 0 Å². The lowest BCUT2D eigenvalue weighted by Gasteiger charge is -2.53. The number of likely N-dealkylation sites (tertiary alicyclic amines) is 1. The van der Waals surface area contributed by atoms with Crippen molar-refractivity contribution in [1.29, 1.82) is 0 Å². The quantitative estimate of drug-likeness (QED) is 0.885. The fourth-order valence-electron chi connectivity index (χ4n) is 4.09. The highest BCUT2D eigenvalue weighted by molar-refractivity contribution is 5.26. The Bertz CT molecular complexity index is 391. The molecule has 1 N–H and O–H groups in total. The minimum absolute atomic E-state index is 0.213. The van der Waals surface area contributed by atoms with Gasteiger partial charge in [-0.1, -0.05) is 43.2 Å². The molecule has 0 radical (unpaired) electrons. The number of rotatable bonds is 3. The third-order valence-electron chi connectivity index (χ3n) is 4.92. The molecule has 18 heavy (non-hydrogen) atoms. The maximum absolute atomic E-state index is 9.34. The molecule has 2 nitrogen and oxygen atoms in total. The molecule has 1 saturated carbocycles. The predicted molar refractivity (Wildman–Crippen MR) is 73.4 cm³/mol. The summed E-state index contributed by atoms with van der Waals surface area (Å²) in [6, 6.07) is 11.0. The number of piperidine rings is 1. The van der Waals surface area contributed by atoms with Crippen molar-refractivity contribution >= 4 is 0 Å². The smallest absolute Gasteiger partial charge is 0.0558 e.